The van der Waals surface area contributed by atoms with Gasteiger partial charge in [-0.25, -0.2) is 0 Å². The molecule has 35 heavy (non-hydrogen) atoms. The monoisotopic (exact) mass is 496 g/mol. The molecule has 6 heteroatoms. The highest BCUT2D eigenvalue weighted by Gasteiger charge is 2.31. The van der Waals surface area contributed by atoms with Crippen LogP contribution in [0, 0.1) is 22.7 Å². The van der Waals surface area contributed by atoms with Crippen LogP contribution in [0.5, 0.6) is 0 Å². The number of benzene rings is 1. The van der Waals surface area contributed by atoms with Gasteiger partial charge in [-0.3, -0.25) is 4.90 Å². The van der Waals surface area contributed by atoms with Gasteiger partial charge in [0, 0.05) is 68.7 Å². The molecule has 3 aliphatic rings. The fourth-order valence-corrected chi connectivity index (χ4v) is 6.12. The summed E-state index contributed by atoms with van der Waals surface area (Å²) in [6, 6.07) is 11.8. The molecule has 0 amide bonds. The van der Waals surface area contributed by atoms with Gasteiger partial charge >= 0.3 is 0 Å². The highest BCUT2D eigenvalue weighted by molar-refractivity contribution is 5.85. The van der Waals surface area contributed by atoms with E-state index in [1.807, 2.05) is 6.26 Å². The third kappa shape index (κ3) is 6.16. The summed E-state index contributed by atoms with van der Waals surface area (Å²) in [7, 11) is 0. The minimum absolute atomic E-state index is 0. The largest absolute Gasteiger partial charge is 0.472 e. The fraction of sp³-hybridized carbons (Fsp3) is 0.621. The molecule has 0 N–H and O–H groups in total. The Morgan fingerprint density at radius 2 is 1.66 bits per heavy atom. The van der Waals surface area contributed by atoms with Crippen molar-refractivity contribution in [3.8, 4) is 6.07 Å². The lowest BCUT2D eigenvalue weighted by molar-refractivity contribution is 0.224. The normalized spacial score (nSPS) is 22.0. The summed E-state index contributed by atoms with van der Waals surface area (Å²) in [6.45, 7) is 12.2. The quantitative estimate of drug-likeness (QED) is 0.476. The van der Waals surface area contributed by atoms with Gasteiger partial charge in [0.25, 0.3) is 0 Å². The van der Waals surface area contributed by atoms with Crippen molar-refractivity contribution < 1.29 is 4.42 Å². The van der Waals surface area contributed by atoms with Crippen LogP contribution in [0.2, 0.25) is 0 Å². The van der Waals surface area contributed by atoms with Crippen LogP contribution in [0.3, 0.4) is 0 Å². The molecule has 2 aliphatic heterocycles. The van der Waals surface area contributed by atoms with E-state index < -0.39 is 0 Å². The van der Waals surface area contributed by atoms with E-state index in [0.717, 1.165) is 58.7 Å². The Bertz CT molecular complexity index is 973. The Morgan fingerprint density at radius 3 is 2.29 bits per heavy atom. The zero-order valence-electron chi connectivity index (χ0n) is 21.4. The lowest BCUT2D eigenvalue weighted by Gasteiger charge is -2.40. The van der Waals surface area contributed by atoms with E-state index in [0.29, 0.717) is 11.3 Å². The number of furan rings is 1. The van der Waals surface area contributed by atoms with E-state index in [-0.39, 0.29) is 18.3 Å². The molecule has 5 rings (SSSR count). The zero-order chi connectivity index (χ0) is 23.5. The van der Waals surface area contributed by atoms with Crippen LogP contribution >= 0.6 is 12.4 Å². The van der Waals surface area contributed by atoms with Crippen LogP contribution in [0.4, 0.5) is 11.4 Å². The van der Waals surface area contributed by atoms with Crippen LogP contribution in [0.15, 0.2) is 41.2 Å². The summed E-state index contributed by atoms with van der Waals surface area (Å²) in [4.78, 5) is 7.68. The van der Waals surface area contributed by atoms with Crippen molar-refractivity contribution in [2.75, 3.05) is 49.1 Å². The number of piperazine rings is 1. The lowest BCUT2D eigenvalue weighted by Crippen LogP contribution is -2.46. The molecule has 1 aromatic heterocycles. The van der Waals surface area contributed by atoms with E-state index >= 15 is 0 Å². The van der Waals surface area contributed by atoms with Crippen molar-refractivity contribution in [3.63, 3.8) is 0 Å². The Kier molecular flexibility index (Phi) is 8.34. The minimum atomic E-state index is 0. The first-order valence-electron chi connectivity index (χ1n) is 13.3. The second kappa shape index (κ2) is 11.3. The number of anilines is 2. The fourth-order valence-electron chi connectivity index (χ4n) is 6.12. The second-order valence-electron chi connectivity index (χ2n) is 11.5. The number of piperidine rings is 1. The Labute approximate surface area is 217 Å². The first-order chi connectivity index (χ1) is 16.5. The summed E-state index contributed by atoms with van der Waals surface area (Å²) in [5.41, 5.74) is 6.13. The van der Waals surface area contributed by atoms with Gasteiger partial charge in [-0.1, -0.05) is 13.8 Å². The molecule has 1 aliphatic carbocycles. The molecule has 0 radical (unpaired) electrons. The zero-order valence-corrected chi connectivity index (χ0v) is 22.2. The van der Waals surface area contributed by atoms with Crippen LogP contribution < -0.4 is 9.80 Å². The van der Waals surface area contributed by atoms with E-state index in [2.05, 4.69) is 58.9 Å². The van der Waals surface area contributed by atoms with Gasteiger partial charge in [-0.05, 0) is 79.7 Å². The molecular formula is C29H41ClN4O. The maximum Gasteiger partial charge on any atom is 0.0947 e. The van der Waals surface area contributed by atoms with E-state index in [1.54, 1.807) is 11.8 Å². The maximum atomic E-state index is 9.29. The summed E-state index contributed by atoms with van der Waals surface area (Å²) in [5, 5.41) is 9.29. The average molecular weight is 497 g/mol. The SMILES string of the molecule is CC1(C)CCC(c2cc(N3CCC(C#N)CC3)ccc2N2CCN(Cc3ccoc3)CC2)CC1.Cl. The Morgan fingerprint density at radius 1 is 0.943 bits per heavy atom. The molecule has 190 valence electrons. The first-order valence-corrected chi connectivity index (χ1v) is 13.3. The number of halogens is 1. The van der Waals surface area contributed by atoms with Crippen LogP contribution in [-0.4, -0.2) is 44.2 Å². The van der Waals surface area contributed by atoms with Gasteiger partial charge in [-0.2, -0.15) is 5.26 Å². The Balaban J connectivity index is 0.00000289. The standard InChI is InChI=1S/C29H40N4O.ClH/c1-29(2)10-5-25(6-11-29)27-19-26(32-12-7-23(20-30)8-13-32)3-4-28(27)33-16-14-31(15-17-33)21-24-9-18-34-22-24;/h3-4,9,18-19,22-23,25H,5-8,10-17,21H2,1-2H3;1H. The number of rotatable bonds is 5. The molecule has 3 heterocycles. The molecule has 2 aromatic rings. The first kappa shape index (κ1) is 25.9. The van der Waals surface area contributed by atoms with Crippen molar-refractivity contribution in [1.29, 1.82) is 5.26 Å². The number of hydrogen-bond acceptors (Lipinski definition) is 5. The molecule has 2 saturated heterocycles. The molecule has 0 atom stereocenters. The van der Waals surface area contributed by atoms with Gasteiger partial charge in [-0.15, -0.1) is 12.4 Å². The molecule has 0 unspecified atom stereocenters. The van der Waals surface area contributed by atoms with E-state index in [4.69, 9.17) is 4.42 Å². The second-order valence-corrected chi connectivity index (χ2v) is 11.5. The third-order valence-corrected chi connectivity index (χ3v) is 8.53. The molecule has 1 aromatic carbocycles. The summed E-state index contributed by atoms with van der Waals surface area (Å²) < 4.78 is 5.26. The molecule has 3 fully saturated rings. The van der Waals surface area contributed by atoms with Gasteiger partial charge in [0.1, 0.15) is 0 Å². The highest BCUT2D eigenvalue weighted by Crippen LogP contribution is 2.46. The predicted octanol–water partition coefficient (Wildman–Crippen LogP) is 6.45. The highest BCUT2D eigenvalue weighted by atomic mass is 35.5. The molecule has 5 nitrogen and oxygen atoms in total. The predicted molar refractivity (Wildman–Crippen MR) is 145 cm³/mol. The van der Waals surface area contributed by atoms with Crippen LogP contribution in [-0.2, 0) is 6.54 Å². The maximum absolute atomic E-state index is 9.29. The van der Waals surface area contributed by atoms with Crippen molar-refractivity contribution in [2.45, 2.75) is 64.8 Å². The van der Waals surface area contributed by atoms with Gasteiger partial charge in [0.05, 0.1) is 18.6 Å². The van der Waals surface area contributed by atoms with E-state index in [1.165, 1.54) is 42.6 Å². The topological polar surface area (TPSA) is 46.7 Å². The lowest BCUT2D eigenvalue weighted by atomic mass is 9.71. The third-order valence-electron chi connectivity index (χ3n) is 8.53. The summed E-state index contributed by atoms with van der Waals surface area (Å²) in [5.74, 6) is 0.887. The smallest absolute Gasteiger partial charge is 0.0947 e. The van der Waals surface area contributed by atoms with Crippen molar-refractivity contribution >= 4 is 23.8 Å². The minimum Gasteiger partial charge on any atom is -0.472 e. The van der Waals surface area contributed by atoms with Crippen molar-refractivity contribution in [3.05, 3.63) is 47.9 Å². The average Bonchev–Trinajstić information content (AvgIpc) is 3.37. The van der Waals surface area contributed by atoms with Gasteiger partial charge in [0.2, 0.25) is 0 Å². The molecule has 0 bridgehead atoms. The number of nitriles is 1. The van der Waals surface area contributed by atoms with Gasteiger partial charge < -0.3 is 14.2 Å². The number of hydrogen-bond donors (Lipinski definition) is 0. The molecule has 1 saturated carbocycles. The summed E-state index contributed by atoms with van der Waals surface area (Å²) >= 11 is 0. The van der Waals surface area contributed by atoms with E-state index in [9.17, 15) is 5.26 Å². The van der Waals surface area contributed by atoms with Crippen LogP contribution in [0.25, 0.3) is 0 Å². The van der Waals surface area contributed by atoms with Crippen LogP contribution in [0.1, 0.15) is 69.4 Å². The van der Waals surface area contributed by atoms with Crippen molar-refractivity contribution in [2.24, 2.45) is 11.3 Å². The number of nitrogens with zero attached hydrogens (tertiary/aromatic N) is 4. The van der Waals surface area contributed by atoms with Gasteiger partial charge in [0.15, 0.2) is 0 Å². The Hall–Kier alpha value is -2.16. The summed E-state index contributed by atoms with van der Waals surface area (Å²) in [6.07, 6.45) is 10.8. The molecular weight excluding hydrogens is 456 g/mol. The van der Waals surface area contributed by atoms with Crippen molar-refractivity contribution in [1.82, 2.24) is 4.90 Å². The molecule has 0 spiro atoms.